The van der Waals surface area contributed by atoms with Crippen LogP contribution in [0.2, 0.25) is 0 Å². The largest absolute Gasteiger partial charge is 0.379 e. The van der Waals surface area contributed by atoms with E-state index in [4.69, 9.17) is 109 Å². The number of hydrogen-bond acceptors (Lipinski definition) is 24. The third kappa shape index (κ3) is 72.6. The van der Waals surface area contributed by atoms with Gasteiger partial charge >= 0.3 is 0 Å². The molecule has 0 rings (SSSR count). The van der Waals surface area contributed by atoms with Crippen molar-refractivity contribution < 1.29 is 114 Å². The van der Waals surface area contributed by atoms with Crippen molar-refractivity contribution in [1.29, 1.82) is 0 Å². The summed E-state index contributed by atoms with van der Waals surface area (Å²) >= 11 is 0. The molecule has 0 saturated heterocycles. The second-order valence-electron chi connectivity index (χ2n) is 16.2. The molecule has 0 aliphatic rings. The fraction of sp³-hybridized carbons (Fsp3) is 0.981. The van der Waals surface area contributed by atoms with Gasteiger partial charge in [-0.25, -0.2) is 0 Å². The van der Waals surface area contributed by atoms with Gasteiger partial charge < -0.3 is 114 Å². The number of hydrogen-bond donors (Lipinski definition) is 1. The van der Waals surface area contributed by atoms with Crippen molar-refractivity contribution in [2.24, 2.45) is 0 Å². The molecule has 0 aromatic heterocycles. The first-order chi connectivity index (χ1) is 38.8. The average Bonchev–Trinajstić information content (AvgIpc) is 3.44. The summed E-state index contributed by atoms with van der Waals surface area (Å²) in [5.41, 5.74) is 0. The van der Waals surface area contributed by atoms with Gasteiger partial charge in [0.15, 0.2) is 0 Å². The van der Waals surface area contributed by atoms with E-state index in [2.05, 4.69) is 19.2 Å². The summed E-state index contributed by atoms with van der Waals surface area (Å²) in [6, 6.07) is 0. The van der Waals surface area contributed by atoms with Crippen LogP contribution in [0.1, 0.15) is 33.1 Å². The quantitative estimate of drug-likeness (QED) is 0.0853. The normalized spacial score (nSPS) is 11.7. The molecular formula is C53H107NO24. The Bertz CT molecular complexity index is 1080. The molecule has 0 aliphatic carbocycles. The molecule has 1 N–H and O–H groups in total. The minimum atomic E-state index is -0.0996. The van der Waals surface area contributed by atoms with Crippen LogP contribution in [0.5, 0.6) is 0 Å². The zero-order valence-corrected chi connectivity index (χ0v) is 48.2. The first kappa shape index (κ1) is 76.5. The summed E-state index contributed by atoms with van der Waals surface area (Å²) < 4.78 is 126. The summed E-state index contributed by atoms with van der Waals surface area (Å²) in [6.45, 7) is 27.7. The van der Waals surface area contributed by atoms with Crippen LogP contribution >= 0.6 is 0 Å². The van der Waals surface area contributed by atoms with E-state index in [-0.39, 0.29) is 12.3 Å². The first-order valence-electron chi connectivity index (χ1n) is 28.4. The summed E-state index contributed by atoms with van der Waals surface area (Å²) in [6.07, 6.45) is 2.29. The minimum Gasteiger partial charge on any atom is -0.379 e. The van der Waals surface area contributed by atoms with E-state index in [1.54, 1.807) is 0 Å². The topological polar surface area (TPSA) is 241 Å². The summed E-state index contributed by atoms with van der Waals surface area (Å²) in [7, 11) is 0. The molecule has 0 aromatic rings. The second-order valence-corrected chi connectivity index (χ2v) is 16.2. The van der Waals surface area contributed by atoms with Gasteiger partial charge in [-0.3, -0.25) is 4.79 Å². The van der Waals surface area contributed by atoms with Crippen molar-refractivity contribution in [2.45, 2.75) is 33.1 Å². The number of ether oxygens (including phenoxy) is 23. The van der Waals surface area contributed by atoms with Gasteiger partial charge in [0.2, 0.25) is 5.91 Å². The molecule has 0 saturated carbocycles. The van der Waals surface area contributed by atoms with Crippen molar-refractivity contribution in [1.82, 2.24) is 5.32 Å². The Morgan fingerprint density at radius 2 is 0.321 bits per heavy atom. The van der Waals surface area contributed by atoms with Gasteiger partial charge in [-0.2, -0.15) is 0 Å². The van der Waals surface area contributed by atoms with Gasteiger partial charge in [0.05, 0.1) is 291 Å². The van der Waals surface area contributed by atoms with Crippen LogP contribution in [0.25, 0.3) is 0 Å². The molecule has 0 radical (unpaired) electrons. The van der Waals surface area contributed by atoms with E-state index in [0.29, 0.717) is 297 Å². The van der Waals surface area contributed by atoms with Gasteiger partial charge in [0.25, 0.3) is 0 Å². The molecule has 0 spiro atoms. The van der Waals surface area contributed by atoms with E-state index < -0.39 is 0 Å². The molecule has 0 heterocycles. The Morgan fingerprint density at radius 1 is 0.192 bits per heavy atom. The Morgan fingerprint density at radius 3 is 0.474 bits per heavy atom. The number of rotatable bonds is 73. The van der Waals surface area contributed by atoms with Crippen LogP contribution in [0.15, 0.2) is 0 Å². The van der Waals surface area contributed by atoms with Gasteiger partial charge in [-0.15, -0.1) is 0 Å². The first-order valence-corrected chi connectivity index (χ1v) is 28.4. The molecule has 25 nitrogen and oxygen atoms in total. The Labute approximate surface area is 467 Å². The van der Waals surface area contributed by atoms with E-state index in [9.17, 15) is 4.79 Å². The van der Waals surface area contributed by atoms with Crippen molar-refractivity contribution in [3.8, 4) is 0 Å². The highest BCUT2D eigenvalue weighted by atomic mass is 16.6. The van der Waals surface area contributed by atoms with Gasteiger partial charge in [-0.05, 0) is 12.8 Å². The molecule has 468 valence electrons. The third-order valence-corrected chi connectivity index (χ3v) is 9.55. The lowest BCUT2D eigenvalue weighted by atomic mass is 10.4. The van der Waals surface area contributed by atoms with Crippen molar-refractivity contribution in [2.75, 3.05) is 310 Å². The fourth-order valence-electron chi connectivity index (χ4n) is 5.63. The van der Waals surface area contributed by atoms with Crippen LogP contribution in [-0.4, -0.2) is 316 Å². The van der Waals surface area contributed by atoms with Crippen LogP contribution in [-0.2, 0) is 114 Å². The van der Waals surface area contributed by atoms with Crippen molar-refractivity contribution >= 4 is 5.91 Å². The molecule has 0 bridgehead atoms. The lowest BCUT2D eigenvalue weighted by molar-refractivity contribution is -0.122. The number of carbonyl (C=O) groups is 1. The Balaban J connectivity index is 3.14. The van der Waals surface area contributed by atoms with Gasteiger partial charge in [0.1, 0.15) is 0 Å². The molecule has 1 amide bonds. The minimum absolute atomic E-state index is 0.0996. The molecule has 0 fully saturated rings. The van der Waals surface area contributed by atoms with E-state index in [0.717, 1.165) is 26.1 Å². The molecule has 78 heavy (non-hydrogen) atoms. The lowest BCUT2D eigenvalue weighted by Gasteiger charge is -2.09. The average molecular weight is 1140 g/mol. The second kappa shape index (κ2) is 73.6. The predicted molar refractivity (Wildman–Crippen MR) is 287 cm³/mol. The van der Waals surface area contributed by atoms with E-state index in [1.165, 1.54) is 0 Å². The number of carbonyl (C=O) groups excluding carboxylic acids is 1. The Hall–Kier alpha value is -1.45. The maximum atomic E-state index is 12.0. The highest BCUT2D eigenvalue weighted by Gasteiger charge is 2.03. The lowest BCUT2D eigenvalue weighted by Crippen LogP contribution is -2.28. The van der Waals surface area contributed by atoms with Crippen molar-refractivity contribution in [3.63, 3.8) is 0 Å². The zero-order chi connectivity index (χ0) is 55.9. The maximum Gasteiger partial charge on any atom is 0.222 e. The van der Waals surface area contributed by atoms with Crippen molar-refractivity contribution in [3.05, 3.63) is 0 Å². The highest BCUT2D eigenvalue weighted by Crippen LogP contribution is 1.92. The standard InChI is InChI=1S/C53H107NO24/c1-3-7-56-11-15-60-19-23-64-27-31-68-35-39-72-43-47-76-50-46-75-42-38-71-34-30-67-26-22-63-18-14-59-10-6-54-53(55)5-9-58-13-17-62-21-25-66-29-33-70-37-41-74-45-49-78-52-51-77-48-44-73-40-36-69-32-28-65-24-20-61-16-12-57-8-4-2/h3-52H2,1-2H3,(H,54,55). The summed E-state index contributed by atoms with van der Waals surface area (Å²) in [4.78, 5) is 12.0. The summed E-state index contributed by atoms with van der Waals surface area (Å²) in [5.74, 6) is -0.0996. The van der Waals surface area contributed by atoms with Gasteiger partial charge in [-0.1, -0.05) is 13.8 Å². The molecule has 0 unspecified atom stereocenters. The van der Waals surface area contributed by atoms with Crippen LogP contribution in [0.3, 0.4) is 0 Å². The van der Waals surface area contributed by atoms with Crippen LogP contribution in [0, 0.1) is 0 Å². The van der Waals surface area contributed by atoms with E-state index >= 15 is 0 Å². The predicted octanol–water partition coefficient (Wildman–Crippen LogP) is 1.69. The SMILES string of the molecule is CCCOCCOCCOCCOCCOCCOCCOCCOCCOCCOCCOCCNC(=O)CCOCCOCCOCCOCCOCCOCCOCCOCCOCCOCCOCCOCCC. The third-order valence-electron chi connectivity index (χ3n) is 9.55. The molecule has 0 aliphatic heterocycles. The summed E-state index contributed by atoms with van der Waals surface area (Å²) in [5, 5.41) is 2.81. The zero-order valence-electron chi connectivity index (χ0n) is 48.2. The van der Waals surface area contributed by atoms with Crippen LogP contribution in [0.4, 0.5) is 0 Å². The molecule has 25 heteroatoms. The molecule has 0 aromatic carbocycles. The Kier molecular flexibility index (Phi) is 72.2. The van der Waals surface area contributed by atoms with Crippen LogP contribution < -0.4 is 5.32 Å². The maximum absolute atomic E-state index is 12.0. The van der Waals surface area contributed by atoms with E-state index in [1.807, 2.05) is 0 Å². The fourth-order valence-corrected chi connectivity index (χ4v) is 5.63. The molecule has 0 atom stereocenters. The number of amides is 1. The molecular weight excluding hydrogens is 1030 g/mol. The monoisotopic (exact) mass is 1140 g/mol. The van der Waals surface area contributed by atoms with Gasteiger partial charge in [0, 0.05) is 26.2 Å². The highest BCUT2D eigenvalue weighted by molar-refractivity contribution is 5.75. The number of nitrogens with one attached hydrogen (secondary N) is 1. The smallest absolute Gasteiger partial charge is 0.222 e.